The van der Waals surface area contributed by atoms with E-state index in [1.165, 1.54) is 54.1 Å². The van der Waals surface area contributed by atoms with Gasteiger partial charge in [-0.15, -0.1) is 0 Å². The fraction of sp³-hybridized carbons (Fsp3) is 0.412. The number of fused-ring (bicyclic) bond motifs is 1. The molecule has 0 atom stereocenters. The van der Waals surface area contributed by atoms with Gasteiger partial charge in [-0.05, 0) is 41.8 Å². The Labute approximate surface area is 109 Å². The van der Waals surface area contributed by atoms with Crippen LogP contribution in [0.4, 0.5) is 5.69 Å². The molecule has 0 saturated heterocycles. The maximum atomic E-state index is 3.30. The lowest BCUT2D eigenvalue weighted by Crippen LogP contribution is -2.04. The van der Waals surface area contributed by atoms with Crippen LogP contribution in [0.25, 0.3) is 10.8 Å². The quantitative estimate of drug-likeness (QED) is 0.783. The Kier molecular flexibility index (Phi) is 3.22. The molecule has 94 valence electrons. The van der Waals surface area contributed by atoms with E-state index in [0.29, 0.717) is 0 Å². The molecule has 0 aliphatic heterocycles. The van der Waals surface area contributed by atoms with E-state index >= 15 is 0 Å². The Morgan fingerprint density at radius 1 is 1.00 bits per heavy atom. The number of hydrogen-bond acceptors (Lipinski definition) is 1. The molecule has 1 fully saturated rings. The summed E-state index contributed by atoms with van der Waals surface area (Å²) in [5.41, 5.74) is 2.77. The Bertz CT molecular complexity index is 538. The van der Waals surface area contributed by atoms with Gasteiger partial charge in [0.15, 0.2) is 0 Å². The van der Waals surface area contributed by atoms with E-state index < -0.39 is 0 Å². The molecule has 1 aliphatic carbocycles. The fourth-order valence-electron chi connectivity index (χ4n) is 3.20. The summed E-state index contributed by atoms with van der Waals surface area (Å²) in [5, 5.41) is 6.00. The highest BCUT2D eigenvalue weighted by molar-refractivity contribution is 5.94. The predicted octanol–water partition coefficient (Wildman–Crippen LogP) is 4.93. The molecule has 0 heterocycles. The first-order valence-electron chi connectivity index (χ1n) is 7.09. The van der Waals surface area contributed by atoms with Gasteiger partial charge in [-0.2, -0.15) is 0 Å². The molecule has 0 amide bonds. The number of rotatable bonds is 2. The summed E-state index contributed by atoms with van der Waals surface area (Å²) >= 11 is 0. The topological polar surface area (TPSA) is 12.0 Å². The second-order valence-corrected chi connectivity index (χ2v) is 5.37. The van der Waals surface area contributed by atoms with Crippen LogP contribution in [0.15, 0.2) is 36.4 Å². The number of benzene rings is 2. The molecule has 3 rings (SSSR count). The van der Waals surface area contributed by atoms with Gasteiger partial charge in [0.1, 0.15) is 0 Å². The third kappa shape index (κ3) is 2.10. The largest absolute Gasteiger partial charge is 0.388 e. The van der Waals surface area contributed by atoms with Gasteiger partial charge in [0, 0.05) is 18.1 Å². The van der Waals surface area contributed by atoms with Crippen molar-refractivity contribution in [2.45, 2.75) is 38.0 Å². The van der Waals surface area contributed by atoms with Crippen molar-refractivity contribution < 1.29 is 0 Å². The van der Waals surface area contributed by atoms with E-state index in [2.05, 4.69) is 41.7 Å². The Hall–Kier alpha value is -1.50. The maximum Gasteiger partial charge on any atom is 0.0417 e. The van der Waals surface area contributed by atoms with Crippen molar-refractivity contribution in [3.63, 3.8) is 0 Å². The van der Waals surface area contributed by atoms with Gasteiger partial charge in [0.2, 0.25) is 0 Å². The van der Waals surface area contributed by atoms with Crippen LogP contribution < -0.4 is 5.32 Å². The summed E-state index contributed by atoms with van der Waals surface area (Å²) in [4.78, 5) is 0. The predicted molar refractivity (Wildman–Crippen MR) is 79.3 cm³/mol. The SMILES string of the molecule is CNc1cccc2ccc(C3CCCCC3)cc12. The summed E-state index contributed by atoms with van der Waals surface area (Å²) in [7, 11) is 2.00. The van der Waals surface area contributed by atoms with Gasteiger partial charge >= 0.3 is 0 Å². The summed E-state index contributed by atoms with van der Waals surface area (Å²) in [6.07, 6.45) is 6.96. The molecule has 2 aromatic rings. The Morgan fingerprint density at radius 3 is 2.61 bits per heavy atom. The molecule has 0 bridgehead atoms. The van der Waals surface area contributed by atoms with Gasteiger partial charge < -0.3 is 5.32 Å². The standard InChI is InChI=1S/C17H21N/c1-18-17-9-5-8-14-10-11-15(12-16(14)17)13-6-3-2-4-7-13/h5,8-13,18H,2-4,6-7H2,1H3. The van der Waals surface area contributed by atoms with Crippen LogP contribution in [0.2, 0.25) is 0 Å². The smallest absolute Gasteiger partial charge is 0.0417 e. The van der Waals surface area contributed by atoms with Gasteiger partial charge in [0.25, 0.3) is 0 Å². The fourth-order valence-corrected chi connectivity index (χ4v) is 3.20. The molecule has 18 heavy (non-hydrogen) atoms. The van der Waals surface area contributed by atoms with Gasteiger partial charge in [-0.3, -0.25) is 0 Å². The lowest BCUT2D eigenvalue weighted by atomic mass is 9.83. The first-order chi connectivity index (χ1) is 8.88. The minimum Gasteiger partial charge on any atom is -0.388 e. The van der Waals surface area contributed by atoms with Crippen molar-refractivity contribution in [2.75, 3.05) is 12.4 Å². The highest BCUT2D eigenvalue weighted by Gasteiger charge is 2.15. The molecule has 1 aliphatic rings. The second-order valence-electron chi connectivity index (χ2n) is 5.37. The Morgan fingerprint density at radius 2 is 1.83 bits per heavy atom. The zero-order valence-corrected chi connectivity index (χ0v) is 11.1. The lowest BCUT2D eigenvalue weighted by molar-refractivity contribution is 0.444. The van der Waals surface area contributed by atoms with Crippen molar-refractivity contribution in [1.82, 2.24) is 0 Å². The summed E-state index contributed by atoms with van der Waals surface area (Å²) in [5.74, 6) is 0.785. The minimum atomic E-state index is 0.785. The Balaban J connectivity index is 2.03. The molecule has 1 nitrogen and oxygen atoms in total. The van der Waals surface area contributed by atoms with Gasteiger partial charge in [-0.1, -0.05) is 43.5 Å². The first kappa shape index (κ1) is 11.6. The third-order valence-corrected chi connectivity index (χ3v) is 4.25. The number of hydrogen-bond donors (Lipinski definition) is 1. The summed E-state index contributed by atoms with van der Waals surface area (Å²) in [6, 6.07) is 13.5. The van der Waals surface area contributed by atoms with Crippen LogP contribution in [0.3, 0.4) is 0 Å². The molecule has 0 radical (unpaired) electrons. The van der Waals surface area contributed by atoms with Crippen LogP contribution in [0, 0.1) is 0 Å². The number of anilines is 1. The molecular formula is C17H21N. The van der Waals surface area contributed by atoms with E-state index in [1.807, 2.05) is 7.05 Å². The molecule has 2 aromatic carbocycles. The van der Waals surface area contributed by atoms with Crippen LogP contribution in [0.5, 0.6) is 0 Å². The van der Waals surface area contributed by atoms with E-state index in [4.69, 9.17) is 0 Å². The minimum absolute atomic E-state index is 0.785. The van der Waals surface area contributed by atoms with E-state index in [-0.39, 0.29) is 0 Å². The number of nitrogens with one attached hydrogen (secondary N) is 1. The lowest BCUT2D eigenvalue weighted by Gasteiger charge is -2.22. The monoisotopic (exact) mass is 239 g/mol. The molecule has 1 N–H and O–H groups in total. The molecule has 0 unspecified atom stereocenters. The van der Waals surface area contributed by atoms with Crippen molar-refractivity contribution in [1.29, 1.82) is 0 Å². The van der Waals surface area contributed by atoms with Crippen LogP contribution in [-0.2, 0) is 0 Å². The van der Waals surface area contributed by atoms with E-state index in [0.717, 1.165) is 5.92 Å². The molecule has 0 spiro atoms. The normalized spacial score (nSPS) is 16.9. The second kappa shape index (κ2) is 5.01. The molecular weight excluding hydrogens is 218 g/mol. The average Bonchev–Trinajstić information content (AvgIpc) is 2.47. The van der Waals surface area contributed by atoms with Crippen LogP contribution >= 0.6 is 0 Å². The molecule has 1 saturated carbocycles. The average molecular weight is 239 g/mol. The molecule has 0 aromatic heterocycles. The highest BCUT2D eigenvalue weighted by Crippen LogP contribution is 2.35. The summed E-state index contributed by atoms with van der Waals surface area (Å²) in [6.45, 7) is 0. The highest BCUT2D eigenvalue weighted by atomic mass is 14.8. The van der Waals surface area contributed by atoms with Crippen LogP contribution in [0.1, 0.15) is 43.6 Å². The van der Waals surface area contributed by atoms with Crippen molar-refractivity contribution in [2.24, 2.45) is 0 Å². The molecule has 1 heteroatoms. The van der Waals surface area contributed by atoms with Crippen molar-refractivity contribution in [3.05, 3.63) is 42.0 Å². The first-order valence-corrected chi connectivity index (χ1v) is 7.09. The maximum absolute atomic E-state index is 3.30. The third-order valence-electron chi connectivity index (χ3n) is 4.25. The van der Waals surface area contributed by atoms with Gasteiger partial charge in [-0.25, -0.2) is 0 Å². The van der Waals surface area contributed by atoms with E-state index in [1.54, 1.807) is 0 Å². The van der Waals surface area contributed by atoms with Crippen molar-refractivity contribution >= 4 is 16.5 Å². The zero-order chi connectivity index (χ0) is 12.4. The van der Waals surface area contributed by atoms with Crippen molar-refractivity contribution in [3.8, 4) is 0 Å². The van der Waals surface area contributed by atoms with E-state index in [9.17, 15) is 0 Å². The van der Waals surface area contributed by atoms with Gasteiger partial charge in [0.05, 0.1) is 0 Å². The summed E-state index contributed by atoms with van der Waals surface area (Å²) < 4.78 is 0. The van der Waals surface area contributed by atoms with Crippen LogP contribution in [-0.4, -0.2) is 7.05 Å². The zero-order valence-electron chi connectivity index (χ0n) is 11.1.